The summed E-state index contributed by atoms with van der Waals surface area (Å²) in [5, 5.41) is 18.1. The van der Waals surface area contributed by atoms with Gasteiger partial charge in [-0.1, -0.05) is 23.7 Å². The van der Waals surface area contributed by atoms with Crippen molar-refractivity contribution in [3.05, 3.63) is 64.7 Å². The van der Waals surface area contributed by atoms with Crippen LogP contribution in [0, 0.1) is 0 Å². The SMILES string of the molecule is NC(N)=NCCCC(NC(=O)c1ccc(Nc2nc(NCc3ccc(Cl)cc3)nc(OCC(F)(F)F)n2)cc1)C(=O)O. The summed E-state index contributed by atoms with van der Waals surface area (Å²) in [6.45, 7) is -1.17. The fourth-order valence-corrected chi connectivity index (χ4v) is 3.45. The lowest BCUT2D eigenvalue weighted by Crippen LogP contribution is -2.40. The molecule has 0 saturated carbocycles. The molecule has 8 N–H and O–H groups in total. The summed E-state index contributed by atoms with van der Waals surface area (Å²) in [6.07, 6.45) is -4.18. The van der Waals surface area contributed by atoms with Crippen molar-refractivity contribution in [1.82, 2.24) is 20.3 Å². The van der Waals surface area contributed by atoms with Crippen LogP contribution in [-0.2, 0) is 11.3 Å². The molecule has 1 aromatic heterocycles. The Balaban J connectivity index is 1.69. The standard InChI is InChI=1S/C25H27ClF3N9O4/c26-16-7-3-14(4-8-16)12-33-22-36-23(38-24(37-22)42-13-25(27,28)29)34-17-9-5-15(6-10-17)19(39)35-18(20(40)41)2-1-11-32-21(30)31/h3-10,18H,1-2,11-13H2,(H,35,39)(H,40,41)(H4,30,31,32)(H2,33,34,36,37,38). The van der Waals surface area contributed by atoms with Crippen molar-refractivity contribution in [3.63, 3.8) is 0 Å². The molecule has 0 radical (unpaired) electrons. The van der Waals surface area contributed by atoms with Crippen LogP contribution in [0.5, 0.6) is 6.01 Å². The molecular formula is C25H27ClF3N9O4. The van der Waals surface area contributed by atoms with Gasteiger partial charge in [-0.3, -0.25) is 9.79 Å². The fourth-order valence-electron chi connectivity index (χ4n) is 3.32. The van der Waals surface area contributed by atoms with E-state index in [1.165, 1.54) is 24.3 Å². The molecule has 3 rings (SSSR count). The van der Waals surface area contributed by atoms with Gasteiger partial charge in [-0.2, -0.15) is 28.1 Å². The lowest BCUT2D eigenvalue weighted by Gasteiger charge is -2.14. The van der Waals surface area contributed by atoms with E-state index in [0.717, 1.165) is 5.56 Å². The van der Waals surface area contributed by atoms with Crippen LogP contribution >= 0.6 is 11.6 Å². The zero-order chi connectivity index (χ0) is 30.7. The number of alkyl halides is 3. The summed E-state index contributed by atoms with van der Waals surface area (Å²) < 4.78 is 42.8. The third-order valence-corrected chi connectivity index (χ3v) is 5.55. The Morgan fingerprint density at radius 2 is 1.69 bits per heavy atom. The Kier molecular flexibility index (Phi) is 11.1. The number of aliphatic carboxylic acids is 1. The number of ether oxygens (including phenoxy) is 1. The number of aromatic nitrogens is 3. The zero-order valence-electron chi connectivity index (χ0n) is 21.9. The maximum Gasteiger partial charge on any atom is 0.422 e. The minimum Gasteiger partial charge on any atom is -0.480 e. The Bertz CT molecular complexity index is 1390. The number of nitrogens with zero attached hydrogens (tertiary/aromatic N) is 4. The summed E-state index contributed by atoms with van der Waals surface area (Å²) in [6, 6.07) is 10.9. The third-order valence-electron chi connectivity index (χ3n) is 5.30. The first kappa shape index (κ1) is 31.7. The van der Waals surface area contributed by atoms with Crippen molar-refractivity contribution in [2.45, 2.75) is 31.6 Å². The number of carboxylic acids is 1. The largest absolute Gasteiger partial charge is 0.480 e. The average Bonchev–Trinajstić information content (AvgIpc) is 2.93. The molecule has 17 heteroatoms. The highest BCUT2D eigenvalue weighted by atomic mass is 35.5. The average molecular weight is 610 g/mol. The first-order valence-electron chi connectivity index (χ1n) is 12.3. The van der Waals surface area contributed by atoms with Gasteiger partial charge < -0.3 is 37.3 Å². The minimum atomic E-state index is -4.61. The first-order valence-corrected chi connectivity index (χ1v) is 12.7. The number of hydrogen-bond donors (Lipinski definition) is 6. The maximum atomic E-state index is 12.7. The van der Waals surface area contributed by atoms with Gasteiger partial charge in [-0.05, 0) is 54.8 Å². The number of nitrogens with one attached hydrogen (secondary N) is 3. The number of amides is 1. The molecule has 1 unspecified atom stereocenters. The van der Waals surface area contributed by atoms with E-state index in [1.807, 2.05) is 0 Å². The predicted molar refractivity (Wildman–Crippen MR) is 149 cm³/mol. The Labute approximate surface area is 242 Å². The van der Waals surface area contributed by atoms with E-state index in [1.54, 1.807) is 24.3 Å². The van der Waals surface area contributed by atoms with Gasteiger partial charge in [0.1, 0.15) is 6.04 Å². The second kappa shape index (κ2) is 14.7. The molecule has 3 aromatic rings. The molecule has 0 fully saturated rings. The third kappa shape index (κ3) is 11.0. The van der Waals surface area contributed by atoms with Gasteiger partial charge in [0.15, 0.2) is 12.6 Å². The molecule has 2 aromatic carbocycles. The van der Waals surface area contributed by atoms with E-state index in [4.69, 9.17) is 27.8 Å². The molecule has 0 bridgehead atoms. The second-order valence-electron chi connectivity index (χ2n) is 8.66. The van der Waals surface area contributed by atoms with Gasteiger partial charge in [0.25, 0.3) is 5.91 Å². The minimum absolute atomic E-state index is 0.0600. The van der Waals surface area contributed by atoms with Crippen LogP contribution in [-0.4, -0.2) is 63.3 Å². The number of aliphatic imine (C=N–C) groups is 1. The van der Waals surface area contributed by atoms with Crippen LogP contribution in [0.3, 0.4) is 0 Å². The number of carbonyl (C=O) groups is 2. The van der Waals surface area contributed by atoms with Gasteiger partial charge in [-0.15, -0.1) is 0 Å². The number of hydrogen-bond acceptors (Lipinski definition) is 9. The molecule has 42 heavy (non-hydrogen) atoms. The summed E-state index contributed by atoms with van der Waals surface area (Å²) in [5.74, 6) is -2.16. The number of rotatable bonds is 14. The number of guanidine groups is 1. The maximum absolute atomic E-state index is 12.7. The molecule has 1 amide bonds. The van der Waals surface area contributed by atoms with E-state index < -0.39 is 36.7 Å². The normalized spacial score (nSPS) is 11.7. The second-order valence-corrected chi connectivity index (χ2v) is 9.10. The van der Waals surface area contributed by atoms with E-state index in [2.05, 4.69) is 35.9 Å². The predicted octanol–water partition coefficient (Wildman–Crippen LogP) is 3.06. The van der Waals surface area contributed by atoms with Crippen molar-refractivity contribution in [1.29, 1.82) is 0 Å². The topological polar surface area (TPSA) is 203 Å². The molecule has 0 aliphatic carbocycles. The van der Waals surface area contributed by atoms with Crippen molar-refractivity contribution in [3.8, 4) is 6.01 Å². The van der Waals surface area contributed by atoms with Crippen LogP contribution < -0.4 is 32.2 Å². The van der Waals surface area contributed by atoms with Crippen molar-refractivity contribution >= 4 is 47.0 Å². The quantitative estimate of drug-likeness (QED) is 0.0890. The summed E-state index contributed by atoms with van der Waals surface area (Å²) >= 11 is 5.89. The van der Waals surface area contributed by atoms with E-state index in [0.29, 0.717) is 17.1 Å². The first-order chi connectivity index (χ1) is 19.9. The van der Waals surface area contributed by atoms with Gasteiger partial charge >= 0.3 is 18.2 Å². The van der Waals surface area contributed by atoms with Crippen molar-refractivity contribution < 1.29 is 32.6 Å². The number of benzene rings is 2. The zero-order valence-corrected chi connectivity index (χ0v) is 22.6. The smallest absolute Gasteiger partial charge is 0.422 e. The van der Waals surface area contributed by atoms with Crippen LogP contribution in [0.1, 0.15) is 28.8 Å². The fraction of sp³-hybridized carbons (Fsp3) is 0.280. The number of halogens is 4. The number of nitrogens with two attached hydrogens (primary N) is 2. The van der Waals surface area contributed by atoms with Crippen molar-refractivity contribution in [2.75, 3.05) is 23.8 Å². The number of carbonyl (C=O) groups excluding carboxylic acids is 1. The van der Waals surface area contributed by atoms with Crippen LogP contribution in [0.2, 0.25) is 5.02 Å². The van der Waals surface area contributed by atoms with E-state index in [-0.39, 0.29) is 42.9 Å². The Morgan fingerprint density at radius 3 is 2.31 bits per heavy atom. The number of anilines is 3. The van der Waals surface area contributed by atoms with Gasteiger partial charge in [0, 0.05) is 29.4 Å². The highest BCUT2D eigenvalue weighted by Gasteiger charge is 2.29. The van der Waals surface area contributed by atoms with Crippen LogP contribution in [0.25, 0.3) is 0 Å². The number of carboxylic acid groups (broad SMARTS) is 1. The lowest BCUT2D eigenvalue weighted by molar-refractivity contribution is -0.154. The monoisotopic (exact) mass is 609 g/mol. The van der Waals surface area contributed by atoms with Gasteiger partial charge in [0.2, 0.25) is 11.9 Å². The van der Waals surface area contributed by atoms with E-state index >= 15 is 0 Å². The Morgan fingerprint density at radius 1 is 1.02 bits per heavy atom. The van der Waals surface area contributed by atoms with Gasteiger partial charge in [0.05, 0.1) is 0 Å². The molecule has 0 spiro atoms. The van der Waals surface area contributed by atoms with Crippen LogP contribution in [0.15, 0.2) is 53.5 Å². The van der Waals surface area contributed by atoms with Gasteiger partial charge in [-0.25, -0.2) is 4.79 Å². The summed E-state index contributed by atoms with van der Waals surface area (Å²) in [5.41, 5.74) is 11.8. The van der Waals surface area contributed by atoms with Crippen molar-refractivity contribution in [2.24, 2.45) is 16.5 Å². The molecule has 224 valence electrons. The lowest BCUT2D eigenvalue weighted by atomic mass is 10.1. The van der Waals surface area contributed by atoms with E-state index in [9.17, 15) is 27.9 Å². The summed E-state index contributed by atoms with van der Waals surface area (Å²) in [4.78, 5) is 39.8. The molecule has 0 saturated heterocycles. The molecule has 1 atom stereocenters. The van der Waals surface area contributed by atoms with Crippen LogP contribution in [0.4, 0.5) is 30.8 Å². The molecular weight excluding hydrogens is 583 g/mol. The highest BCUT2D eigenvalue weighted by Crippen LogP contribution is 2.21. The molecule has 0 aliphatic heterocycles. The highest BCUT2D eigenvalue weighted by molar-refractivity contribution is 6.30. The molecule has 13 nitrogen and oxygen atoms in total. The molecule has 0 aliphatic rings. The summed E-state index contributed by atoms with van der Waals surface area (Å²) in [7, 11) is 0. The molecule has 1 heterocycles. The Hall–Kier alpha value is -4.86.